The molecule has 0 aromatic heterocycles. The van der Waals surface area contributed by atoms with Crippen molar-refractivity contribution in [3.05, 3.63) is 59.7 Å². The van der Waals surface area contributed by atoms with Crippen molar-refractivity contribution in [2.24, 2.45) is 5.92 Å². The number of nitrogen functional groups attached to an aromatic ring is 1. The summed E-state index contributed by atoms with van der Waals surface area (Å²) >= 11 is 0. The standard InChI is InChI=1S/C22H26N2O3/c1-27-19-9-6-17(7-10-19)22(26)18-12-14-24(15-13-18)21(25)11-8-16-4-2-3-5-20(16)23/h2-7,9-10,18H,8,11-15,23H2,1H3. The number of aryl methyl sites for hydroxylation is 1. The van der Waals surface area contributed by atoms with E-state index in [1.165, 1.54) is 0 Å². The number of hydrogen-bond acceptors (Lipinski definition) is 4. The Hall–Kier alpha value is -2.82. The lowest BCUT2D eigenvalue weighted by Gasteiger charge is -2.31. The Morgan fingerprint density at radius 3 is 2.37 bits per heavy atom. The van der Waals surface area contributed by atoms with Crippen LogP contribution in [0.5, 0.6) is 5.75 Å². The maximum atomic E-state index is 12.7. The molecule has 0 spiro atoms. The second-order valence-corrected chi connectivity index (χ2v) is 6.95. The lowest BCUT2D eigenvalue weighted by atomic mass is 9.88. The van der Waals surface area contributed by atoms with Gasteiger partial charge < -0.3 is 15.4 Å². The number of carbonyl (C=O) groups excluding carboxylic acids is 2. The molecule has 2 N–H and O–H groups in total. The molecule has 0 radical (unpaired) electrons. The van der Waals surface area contributed by atoms with Gasteiger partial charge in [0, 0.05) is 36.7 Å². The highest BCUT2D eigenvalue weighted by atomic mass is 16.5. The Labute approximate surface area is 160 Å². The maximum Gasteiger partial charge on any atom is 0.222 e. The van der Waals surface area contributed by atoms with E-state index in [-0.39, 0.29) is 17.6 Å². The smallest absolute Gasteiger partial charge is 0.222 e. The summed E-state index contributed by atoms with van der Waals surface area (Å²) in [6, 6.07) is 14.9. The molecule has 27 heavy (non-hydrogen) atoms. The van der Waals surface area contributed by atoms with E-state index in [0.29, 0.717) is 44.3 Å². The van der Waals surface area contributed by atoms with Gasteiger partial charge in [0.25, 0.3) is 0 Å². The van der Waals surface area contributed by atoms with Crippen LogP contribution in [0.2, 0.25) is 0 Å². The summed E-state index contributed by atoms with van der Waals surface area (Å²) in [6.45, 7) is 1.27. The molecule has 0 bridgehead atoms. The highest BCUT2D eigenvalue weighted by Gasteiger charge is 2.27. The molecule has 142 valence electrons. The quantitative estimate of drug-likeness (QED) is 0.629. The van der Waals surface area contributed by atoms with Gasteiger partial charge in [-0.2, -0.15) is 0 Å². The number of Topliss-reactive ketones (excluding diaryl/α,β-unsaturated/α-hetero) is 1. The second kappa shape index (κ2) is 8.71. The van der Waals surface area contributed by atoms with E-state index in [9.17, 15) is 9.59 Å². The van der Waals surface area contributed by atoms with Gasteiger partial charge in [0.05, 0.1) is 7.11 Å². The molecule has 0 unspecified atom stereocenters. The molecule has 5 heteroatoms. The predicted molar refractivity (Wildman–Crippen MR) is 106 cm³/mol. The molecule has 2 aromatic rings. The van der Waals surface area contributed by atoms with Crippen molar-refractivity contribution >= 4 is 17.4 Å². The third-order valence-corrected chi connectivity index (χ3v) is 5.26. The van der Waals surface area contributed by atoms with E-state index in [2.05, 4.69) is 0 Å². The SMILES string of the molecule is COc1ccc(C(=O)C2CCN(C(=O)CCc3ccccc3N)CC2)cc1. The van der Waals surface area contributed by atoms with Gasteiger partial charge in [0.2, 0.25) is 5.91 Å². The van der Waals surface area contributed by atoms with Crippen LogP contribution in [0, 0.1) is 5.92 Å². The number of amides is 1. The highest BCUT2D eigenvalue weighted by molar-refractivity contribution is 5.98. The number of ether oxygens (including phenoxy) is 1. The van der Waals surface area contributed by atoms with E-state index in [4.69, 9.17) is 10.5 Å². The molecular weight excluding hydrogens is 340 g/mol. The number of ketones is 1. The number of carbonyl (C=O) groups is 2. The van der Waals surface area contributed by atoms with Gasteiger partial charge in [-0.25, -0.2) is 0 Å². The van der Waals surface area contributed by atoms with Crippen molar-refractivity contribution in [1.82, 2.24) is 4.90 Å². The first-order valence-electron chi connectivity index (χ1n) is 9.38. The van der Waals surface area contributed by atoms with Crippen LogP contribution in [0.15, 0.2) is 48.5 Å². The molecule has 1 fully saturated rings. The fourth-order valence-electron chi connectivity index (χ4n) is 3.54. The van der Waals surface area contributed by atoms with Crippen LogP contribution in [-0.2, 0) is 11.2 Å². The van der Waals surface area contributed by atoms with Crippen LogP contribution in [-0.4, -0.2) is 36.8 Å². The van der Waals surface area contributed by atoms with Gasteiger partial charge in [-0.15, -0.1) is 0 Å². The van der Waals surface area contributed by atoms with Crippen LogP contribution in [0.1, 0.15) is 35.2 Å². The van der Waals surface area contributed by atoms with Crippen molar-refractivity contribution in [2.75, 3.05) is 25.9 Å². The minimum Gasteiger partial charge on any atom is -0.497 e. The van der Waals surface area contributed by atoms with Crippen molar-refractivity contribution in [3.63, 3.8) is 0 Å². The number of benzene rings is 2. The van der Waals surface area contributed by atoms with Gasteiger partial charge in [-0.3, -0.25) is 9.59 Å². The fourth-order valence-corrected chi connectivity index (χ4v) is 3.54. The third kappa shape index (κ3) is 4.67. The second-order valence-electron chi connectivity index (χ2n) is 6.95. The van der Waals surface area contributed by atoms with Gasteiger partial charge in [-0.05, 0) is 55.2 Å². The third-order valence-electron chi connectivity index (χ3n) is 5.26. The topological polar surface area (TPSA) is 72.6 Å². The molecule has 1 saturated heterocycles. The number of methoxy groups -OCH3 is 1. The monoisotopic (exact) mass is 366 g/mol. The molecule has 1 amide bonds. The first-order valence-corrected chi connectivity index (χ1v) is 9.38. The number of anilines is 1. The highest BCUT2D eigenvalue weighted by Crippen LogP contribution is 2.24. The van der Waals surface area contributed by atoms with E-state index >= 15 is 0 Å². The van der Waals surface area contributed by atoms with E-state index in [1.54, 1.807) is 19.2 Å². The maximum absolute atomic E-state index is 12.7. The fraction of sp³-hybridized carbons (Fsp3) is 0.364. The summed E-state index contributed by atoms with van der Waals surface area (Å²) in [4.78, 5) is 27.0. The molecule has 1 heterocycles. The molecule has 1 aliphatic heterocycles. The molecule has 3 rings (SSSR count). The van der Waals surface area contributed by atoms with Crippen LogP contribution < -0.4 is 10.5 Å². The summed E-state index contributed by atoms with van der Waals surface area (Å²) in [7, 11) is 1.61. The summed E-state index contributed by atoms with van der Waals surface area (Å²) in [5.74, 6) is 1.01. The van der Waals surface area contributed by atoms with E-state index in [0.717, 1.165) is 17.0 Å². The van der Waals surface area contributed by atoms with Crippen molar-refractivity contribution in [1.29, 1.82) is 0 Å². The van der Waals surface area contributed by atoms with Gasteiger partial charge in [-0.1, -0.05) is 18.2 Å². The van der Waals surface area contributed by atoms with Crippen LogP contribution in [0.4, 0.5) is 5.69 Å². The molecule has 0 saturated carbocycles. The Kier molecular flexibility index (Phi) is 6.12. The summed E-state index contributed by atoms with van der Waals surface area (Å²) in [5.41, 5.74) is 8.39. The summed E-state index contributed by atoms with van der Waals surface area (Å²) in [6.07, 6.45) is 2.52. The first kappa shape index (κ1) is 19.0. The Morgan fingerprint density at radius 2 is 1.74 bits per heavy atom. The molecular formula is C22H26N2O3. The van der Waals surface area contributed by atoms with Crippen LogP contribution >= 0.6 is 0 Å². The average molecular weight is 366 g/mol. The minimum absolute atomic E-state index is 0.0211. The summed E-state index contributed by atoms with van der Waals surface area (Å²) < 4.78 is 5.13. The molecule has 0 aliphatic carbocycles. The van der Waals surface area contributed by atoms with Crippen LogP contribution in [0.25, 0.3) is 0 Å². The van der Waals surface area contributed by atoms with Crippen molar-refractivity contribution in [3.8, 4) is 5.75 Å². The Bertz CT molecular complexity index is 793. The lowest BCUT2D eigenvalue weighted by Crippen LogP contribution is -2.40. The average Bonchev–Trinajstić information content (AvgIpc) is 2.72. The number of nitrogens with zero attached hydrogens (tertiary/aromatic N) is 1. The van der Waals surface area contributed by atoms with Crippen molar-refractivity contribution < 1.29 is 14.3 Å². The number of likely N-dealkylation sites (tertiary alicyclic amines) is 1. The largest absolute Gasteiger partial charge is 0.497 e. The number of hydrogen-bond donors (Lipinski definition) is 1. The predicted octanol–water partition coefficient (Wildman–Crippen LogP) is 3.33. The first-order chi connectivity index (χ1) is 13.1. The summed E-state index contributed by atoms with van der Waals surface area (Å²) in [5, 5.41) is 0. The number of piperidine rings is 1. The number of nitrogens with two attached hydrogens (primary N) is 1. The molecule has 0 atom stereocenters. The van der Waals surface area contributed by atoms with E-state index in [1.807, 2.05) is 41.3 Å². The normalized spacial score (nSPS) is 14.8. The van der Waals surface area contributed by atoms with Gasteiger partial charge in [0.15, 0.2) is 5.78 Å². The minimum atomic E-state index is -0.0211. The molecule has 2 aromatic carbocycles. The van der Waals surface area contributed by atoms with Gasteiger partial charge >= 0.3 is 0 Å². The number of rotatable bonds is 6. The molecule has 5 nitrogen and oxygen atoms in total. The zero-order valence-corrected chi connectivity index (χ0v) is 15.7. The van der Waals surface area contributed by atoms with Crippen molar-refractivity contribution in [2.45, 2.75) is 25.7 Å². The zero-order chi connectivity index (χ0) is 19.2. The zero-order valence-electron chi connectivity index (χ0n) is 15.7. The van der Waals surface area contributed by atoms with E-state index < -0.39 is 0 Å². The number of para-hydroxylation sites is 1. The van der Waals surface area contributed by atoms with Gasteiger partial charge in [0.1, 0.15) is 5.75 Å². The Balaban J connectivity index is 1.49. The Morgan fingerprint density at radius 1 is 1.07 bits per heavy atom. The molecule has 1 aliphatic rings. The van der Waals surface area contributed by atoms with Crippen LogP contribution in [0.3, 0.4) is 0 Å². The lowest BCUT2D eigenvalue weighted by molar-refractivity contribution is -0.132.